The maximum absolute atomic E-state index is 12.2. The number of fused-ring (bicyclic) bond motifs is 1. The second kappa shape index (κ2) is 7.92. The van der Waals surface area contributed by atoms with Crippen molar-refractivity contribution in [2.75, 3.05) is 17.7 Å². The highest BCUT2D eigenvalue weighted by molar-refractivity contribution is 7.80. The van der Waals surface area contributed by atoms with E-state index in [1.165, 1.54) is 29.6 Å². The van der Waals surface area contributed by atoms with E-state index in [0.717, 1.165) is 32.2 Å². The van der Waals surface area contributed by atoms with Crippen LogP contribution in [-0.2, 0) is 11.2 Å². The van der Waals surface area contributed by atoms with Crippen LogP contribution < -0.4 is 10.6 Å². The summed E-state index contributed by atoms with van der Waals surface area (Å²) in [4.78, 5) is 17.9. The maximum Gasteiger partial charge on any atom is 0.341 e. The Hall–Kier alpha value is -2.03. The van der Waals surface area contributed by atoms with E-state index in [9.17, 15) is 4.79 Å². The zero-order valence-electron chi connectivity index (χ0n) is 15.9. The number of aryl methyl sites for hydroxylation is 3. The van der Waals surface area contributed by atoms with Crippen molar-refractivity contribution in [1.82, 2.24) is 4.98 Å². The topological polar surface area (TPSA) is 63.2 Å². The molecule has 3 aromatic rings. The second-order valence-electron chi connectivity index (χ2n) is 6.19. The normalized spacial score (nSPS) is 10.9. The standard InChI is InChI=1S/C19H21N3O2S3/c1-6-12-11(4)26-16(15(12)17(23)24-5)21-18(25)22-19-20-13-7-9(2)10(3)8-14(13)27-19/h7-8H,6H2,1-5H3,(H2,20,21,22,25). The number of methoxy groups -OCH3 is 1. The Morgan fingerprint density at radius 1 is 1.19 bits per heavy atom. The minimum absolute atomic E-state index is 0.354. The monoisotopic (exact) mass is 419 g/mol. The first kappa shape index (κ1) is 19.7. The first-order valence-corrected chi connectivity index (χ1v) is 10.5. The summed E-state index contributed by atoms with van der Waals surface area (Å²) in [7, 11) is 1.39. The lowest BCUT2D eigenvalue weighted by molar-refractivity contribution is 0.0601. The van der Waals surface area contributed by atoms with Crippen LogP contribution in [0.4, 0.5) is 10.1 Å². The molecule has 27 heavy (non-hydrogen) atoms. The molecule has 0 bridgehead atoms. The fraction of sp³-hybridized carbons (Fsp3) is 0.316. The number of hydrogen-bond acceptors (Lipinski definition) is 6. The molecule has 5 nitrogen and oxygen atoms in total. The Labute approximate surface area is 171 Å². The first-order valence-electron chi connectivity index (χ1n) is 8.50. The third-order valence-electron chi connectivity index (χ3n) is 4.40. The number of ether oxygens (including phenoxy) is 1. The van der Waals surface area contributed by atoms with Gasteiger partial charge >= 0.3 is 5.97 Å². The van der Waals surface area contributed by atoms with E-state index >= 15 is 0 Å². The highest BCUT2D eigenvalue weighted by Gasteiger charge is 2.22. The molecule has 0 radical (unpaired) electrons. The number of thiocarbonyl (C=S) groups is 1. The van der Waals surface area contributed by atoms with E-state index in [1.54, 1.807) is 11.3 Å². The van der Waals surface area contributed by atoms with Crippen molar-refractivity contribution in [2.24, 2.45) is 0 Å². The number of rotatable bonds is 4. The van der Waals surface area contributed by atoms with Gasteiger partial charge in [-0.2, -0.15) is 0 Å². The fourth-order valence-corrected chi connectivity index (χ4v) is 5.29. The molecule has 0 aliphatic carbocycles. The average molecular weight is 420 g/mol. The SMILES string of the molecule is CCc1c(C)sc(NC(=S)Nc2nc3cc(C)c(C)cc3s2)c1C(=O)OC. The molecule has 142 valence electrons. The van der Waals surface area contributed by atoms with Gasteiger partial charge in [-0.15, -0.1) is 11.3 Å². The number of carbonyl (C=O) groups excluding carboxylic acids is 1. The van der Waals surface area contributed by atoms with Gasteiger partial charge in [0.05, 0.1) is 22.9 Å². The van der Waals surface area contributed by atoms with Crippen LogP contribution in [-0.4, -0.2) is 23.2 Å². The quantitative estimate of drug-likeness (QED) is 0.434. The van der Waals surface area contributed by atoms with Gasteiger partial charge in [-0.1, -0.05) is 18.3 Å². The minimum atomic E-state index is -0.354. The van der Waals surface area contributed by atoms with Crippen LogP contribution in [0.5, 0.6) is 0 Å². The predicted octanol–water partition coefficient (Wildman–Crippen LogP) is 5.44. The average Bonchev–Trinajstić information content (AvgIpc) is 3.13. The number of nitrogens with one attached hydrogen (secondary N) is 2. The van der Waals surface area contributed by atoms with Crippen LogP contribution in [0.1, 0.15) is 38.8 Å². The summed E-state index contributed by atoms with van der Waals surface area (Å²) in [5.41, 5.74) is 4.94. The Bertz CT molecular complexity index is 998. The van der Waals surface area contributed by atoms with E-state index in [4.69, 9.17) is 17.0 Å². The number of benzene rings is 1. The summed E-state index contributed by atoms with van der Waals surface area (Å²) in [5.74, 6) is -0.354. The molecule has 3 rings (SSSR count). The van der Waals surface area contributed by atoms with Gasteiger partial charge in [0, 0.05) is 4.88 Å². The Balaban J connectivity index is 1.83. The Morgan fingerprint density at radius 3 is 2.56 bits per heavy atom. The van der Waals surface area contributed by atoms with E-state index in [0.29, 0.717) is 15.7 Å². The molecule has 0 saturated carbocycles. The zero-order valence-corrected chi connectivity index (χ0v) is 18.3. The molecule has 0 spiro atoms. The van der Waals surface area contributed by atoms with Gasteiger partial charge in [0.2, 0.25) is 0 Å². The predicted molar refractivity (Wildman–Crippen MR) is 119 cm³/mol. The van der Waals surface area contributed by atoms with Gasteiger partial charge in [0.15, 0.2) is 10.2 Å². The third-order valence-corrected chi connectivity index (χ3v) is 6.60. The number of thiophene rings is 1. The molecule has 0 saturated heterocycles. The molecule has 0 unspecified atom stereocenters. The zero-order chi connectivity index (χ0) is 19.7. The molecule has 0 fully saturated rings. The molecule has 2 heterocycles. The lowest BCUT2D eigenvalue weighted by atomic mass is 10.1. The summed E-state index contributed by atoms with van der Waals surface area (Å²) in [6.07, 6.45) is 0.755. The van der Waals surface area contributed by atoms with Crippen molar-refractivity contribution in [3.05, 3.63) is 39.3 Å². The van der Waals surface area contributed by atoms with Crippen LogP contribution in [0.25, 0.3) is 10.2 Å². The van der Waals surface area contributed by atoms with Crippen molar-refractivity contribution in [1.29, 1.82) is 0 Å². The van der Waals surface area contributed by atoms with Crippen LogP contribution in [0.3, 0.4) is 0 Å². The second-order valence-corrected chi connectivity index (χ2v) is 8.85. The number of carbonyl (C=O) groups is 1. The number of esters is 1. The Kier molecular flexibility index (Phi) is 5.78. The summed E-state index contributed by atoms with van der Waals surface area (Å²) in [5, 5.41) is 8.09. The van der Waals surface area contributed by atoms with E-state index in [1.807, 2.05) is 13.8 Å². The highest BCUT2D eigenvalue weighted by atomic mass is 32.1. The van der Waals surface area contributed by atoms with Crippen LogP contribution in [0.15, 0.2) is 12.1 Å². The summed E-state index contributed by atoms with van der Waals surface area (Å²) in [6.45, 7) is 8.18. The largest absolute Gasteiger partial charge is 0.465 e. The third kappa shape index (κ3) is 3.97. The minimum Gasteiger partial charge on any atom is -0.465 e. The number of nitrogens with zero attached hydrogens (tertiary/aromatic N) is 1. The van der Waals surface area contributed by atoms with Crippen molar-refractivity contribution in [2.45, 2.75) is 34.1 Å². The number of anilines is 2. The van der Waals surface area contributed by atoms with E-state index < -0.39 is 0 Å². The van der Waals surface area contributed by atoms with E-state index in [-0.39, 0.29) is 5.97 Å². The first-order chi connectivity index (χ1) is 12.8. The van der Waals surface area contributed by atoms with Gasteiger partial charge in [-0.05, 0) is 68.2 Å². The van der Waals surface area contributed by atoms with Crippen LogP contribution >= 0.6 is 34.9 Å². The molecule has 0 aliphatic rings. The van der Waals surface area contributed by atoms with Gasteiger partial charge in [-0.25, -0.2) is 9.78 Å². The van der Waals surface area contributed by atoms with Crippen molar-refractivity contribution >= 4 is 66.3 Å². The molecule has 8 heteroatoms. The summed E-state index contributed by atoms with van der Waals surface area (Å²) >= 11 is 8.49. The fourth-order valence-electron chi connectivity index (χ4n) is 2.88. The summed E-state index contributed by atoms with van der Waals surface area (Å²) < 4.78 is 6.06. The highest BCUT2D eigenvalue weighted by Crippen LogP contribution is 2.34. The number of aromatic nitrogens is 1. The lowest BCUT2D eigenvalue weighted by Crippen LogP contribution is -2.20. The molecule has 2 N–H and O–H groups in total. The van der Waals surface area contributed by atoms with Crippen molar-refractivity contribution in [3.8, 4) is 0 Å². The molecular formula is C19H21N3O2S3. The summed E-state index contributed by atoms with van der Waals surface area (Å²) in [6, 6.07) is 4.21. The molecule has 0 aliphatic heterocycles. The van der Waals surface area contributed by atoms with Crippen molar-refractivity contribution in [3.63, 3.8) is 0 Å². The number of thiazole rings is 1. The van der Waals surface area contributed by atoms with Gasteiger partial charge < -0.3 is 15.4 Å². The lowest BCUT2D eigenvalue weighted by Gasteiger charge is -2.09. The molecule has 0 atom stereocenters. The number of hydrogen-bond donors (Lipinski definition) is 2. The van der Waals surface area contributed by atoms with Gasteiger partial charge in [0.1, 0.15) is 5.00 Å². The molecule has 0 amide bonds. The van der Waals surface area contributed by atoms with E-state index in [2.05, 4.69) is 41.6 Å². The van der Waals surface area contributed by atoms with Gasteiger partial charge in [-0.3, -0.25) is 0 Å². The van der Waals surface area contributed by atoms with Crippen LogP contribution in [0, 0.1) is 20.8 Å². The van der Waals surface area contributed by atoms with Gasteiger partial charge in [0.25, 0.3) is 0 Å². The molecular weight excluding hydrogens is 398 g/mol. The molecule has 2 aromatic heterocycles. The van der Waals surface area contributed by atoms with Crippen molar-refractivity contribution < 1.29 is 9.53 Å². The molecule has 1 aromatic carbocycles. The Morgan fingerprint density at radius 2 is 1.89 bits per heavy atom. The van der Waals surface area contributed by atoms with Crippen LogP contribution in [0.2, 0.25) is 0 Å². The maximum atomic E-state index is 12.2. The smallest absolute Gasteiger partial charge is 0.341 e.